The van der Waals surface area contributed by atoms with Crippen LogP contribution >= 0.6 is 0 Å². The summed E-state index contributed by atoms with van der Waals surface area (Å²) in [7, 11) is 0. The number of rotatable bonds is 5. The summed E-state index contributed by atoms with van der Waals surface area (Å²) in [6, 6.07) is 14.1. The molecule has 1 heterocycles. The Bertz CT molecular complexity index is 1030. The van der Waals surface area contributed by atoms with Crippen LogP contribution in [0.15, 0.2) is 54.7 Å². The average Bonchev–Trinajstić information content (AvgIpc) is 2.90. The van der Waals surface area contributed by atoms with E-state index < -0.39 is 11.7 Å². The molecule has 3 aromatic rings. The van der Waals surface area contributed by atoms with Crippen LogP contribution in [0.5, 0.6) is 0 Å². The number of Topliss-reactive ketones (excluding diaryl/α,β-unsaturated/α-hetero) is 1. The number of ketones is 1. The maximum atomic E-state index is 14.1. The molecule has 29 heavy (non-hydrogen) atoms. The van der Waals surface area contributed by atoms with E-state index in [9.17, 15) is 14.0 Å². The van der Waals surface area contributed by atoms with Gasteiger partial charge in [0.05, 0.1) is 12.1 Å². The van der Waals surface area contributed by atoms with Crippen LogP contribution in [0.1, 0.15) is 54.4 Å². The number of nitrogens with zero attached hydrogens (tertiary/aromatic N) is 1. The minimum Gasteiger partial charge on any atom is -0.346 e. The number of halogens is 1. The minimum atomic E-state index is -0.550. The van der Waals surface area contributed by atoms with Gasteiger partial charge in [0.1, 0.15) is 5.82 Å². The molecule has 1 amide bonds. The molecule has 150 valence electrons. The molecule has 4 nitrogen and oxygen atoms in total. The van der Waals surface area contributed by atoms with Gasteiger partial charge in [-0.3, -0.25) is 9.59 Å². The smallest absolute Gasteiger partial charge is 0.292 e. The van der Waals surface area contributed by atoms with Gasteiger partial charge in [0, 0.05) is 28.7 Å². The Morgan fingerprint density at radius 3 is 2.41 bits per heavy atom. The summed E-state index contributed by atoms with van der Waals surface area (Å²) in [5, 5.41) is 3.64. The molecule has 0 spiro atoms. The van der Waals surface area contributed by atoms with Gasteiger partial charge in [-0.25, -0.2) is 4.39 Å². The Hall–Kier alpha value is -2.95. The molecule has 5 heteroatoms. The van der Waals surface area contributed by atoms with E-state index in [2.05, 4.69) is 5.32 Å². The fraction of sp³-hybridized carbons (Fsp3) is 0.333. The largest absolute Gasteiger partial charge is 0.346 e. The summed E-state index contributed by atoms with van der Waals surface area (Å²) < 4.78 is 16.0. The van der Waals surface area contributed by atoms with Crippen LogP contribution in [0.25, 0.3) is 10.9 Å². The maximum absolute atomic E-state index is 14.1. The van der Waals surface area contributed by atoms with Crippen LogP contribution in [0.3, 0.4) is 0 Å². The monoisotopic (exact) mass is 392 g/mol. The van der Waals surface area contributed by atoms with Crippen molar-refractivity contribution in [1.82, 2.24) is 9.88 Å². The topological polar surface area (TPSA) is 51.1 Å². The third-order valence-corrected chi connectivity index (χ3v) is 5.73. The third-order valence-electron chi connectivity index (χ3n) is 5.73. The molecule has 1 saturated carbocycles. The summed E-state index contributed by atoms with van der Waals surface area (Å²) in [5.41, 5.74) is 1.71. The zero-order chi connectivity index (χ0) is 20.2. The normalized spacial score (nSPS) is 15.2. The molecule has 1 N–H and O–H groups in total. The Morgan fingerprint density at radius 2 is 1.66 bits per heavy atom. The molecule has 1 fully saturated rings. The van der Waals surface area contributed by atoms with Crippen LogP contribution in [0.4, 0.5) is 4.39 Å². The first kappa shape index (κ1) is 19.4. The lowest BCUT2D eigenvalue weighted by Gasteiger charge is -2.15. The van der Waals surface area contributed by atoms with E-state index in [1.54, 1.807) is 24.4 Å². The highest BCUT2D eigenvalue weighted by molar-refractivity contribution is 6.45. The van der Waals surface area contributed by atoms with Gasteiger partial charge >= 0.3 is 0 Å². The number of hydrogen-bond acceptors (Lipinski definition) is 2. The van der Waals surface area contributed by atoms with Gasteiger partial charge in [0.2, 0.25) is 0 Å². The number of benzene rings is 2. The quantitative estimate of drug-likeness (QED) is 0.383. The van der Waals surface area contributed by atoms with Gasteiger partial charge in [-0.1, -0.05) is 62.1 Å². The number of fused-ring (bicyclic) bond motifs is 1. The molecule has 0 unspecified atom stereocenters. The molecule has 0 atom stereocenters. The van der Waals surface area contributed by atoms with Gasteiger partial charge in [-0.05, 0) is 25.0 Å². The molecule has 1 aliphatic carbocycles. The maximum Gasteiger partial charge on any atom is 0.292 e. The molecule has 0 radical (unpaired) electrons. The van der Waals surface area contributed by atoms with E-state index in [0.29, 0.717) is 23.1 Å². The van der Waals surface area contributed by atoms with E-state index in [1.165, 1.54) is 18.9 Å². The highest BCUT2D eigenvalue weighted by Crippen LogP contribution is 2.24. The summed E-state index contributed by atoms with van der Waals surface area (Å²) in [6.45, 7) is 0.296. The molecular formula is C24H25FN2O2. The van der Waals surface area contributed by atoms with Gasteiger partial charge < -0.3 is 9.88 Å². The van der Waals surface area contributed by atoms with Crippen molar-refractivity contribution in [3.63, 3.8) is 0 Å². The predicted octanol–water partition coefficient (Wildman–Crippen LogP) is 4.85. The molecule has 1 aromatic heterocycles. The second-order valence-electron chi connectivity index (χ2n) is 7.77. The zero-order valence-corrected chi connectivity index (χ0v) is 16.4. The Kier molecular flexibility index (Phi) is 5.74. The standard InChI is InChI=1S/C24H25FN2O2/c25-21-13-7-5-9-17(21)15-27-16-20(19-12-6-8-14-22(19)27)23(28)24(29)26-18-10-3-1-2-4-11-18/h5-9,12-14,16,18H,1-4,10-11,15H2,(H,26,29). The van der Waals surface area contributed by atoms with Crippen LogP contribution in [-0.4, -0.2) is 22.3 Å². The Labute approximate surface area is 169 Å². The number of aromatic nitrogens is 1. The van der Waals surface area contributed by atoms with Crippen molar-refractivity contribution in [3.05, 3.63) is 71.7 Å². The van der Waals surface area contributed by atoms with Crippen molar-refractivity contribution >= 4 is 22.6 Å². The number of hydrogen-bond donors (Lipinski definition) is 1. The predicted molar refractivity (Wildman–Crippen MR) is 111 cm³/mol. The number of amides is 1. The third kappa shape index (κ3) is 4.24. The first-order valence-corrected chi connectivity index (χ1v) is 10.3. The number of nitrogens with one attached hydrogen (secondary N) is 1. The lowest BCUT2D eigenvalue weighted by Crippen LogP contribution is -2.39. The molecule has 0 bridgehead atoms. The number of carbonyl (C=O) groups excluding carboxylic acids is 2. The first-order valence-electron chi connectivity index (χ1n) is 10.3. The highest BCUT2D eigenvalue weighted by atomic mass is 19.1. The Balaban J connectivity index is 1.61. The molecule has 4 rings (SSSR count). The second-order valence-corrected chi connectivity index (χ2v) is 7.77. The van der Waals surface area contributed by atoms with Crippen molar-refractivity contribution in [2.75, 3.05) is 0 Å². The molecular weight excluding hydrogens is 367 g/mol. The van der Waals surface area contributed by atoms with Gasteiger partial charge in [0.25, 0.3) is 11.7 Å². The van der Waals surface area contributed by atoms with E-state index in [1.807, 2.05) is 28.8 Å². The second kappa shape index (κ2) is 8.60. The van der Waals surface area contributed by atoms with Crippen molar-refractivity contribution in [2.45, 2.75) is 51.1 Å². The fourth-order valence-corrected chi connectivity index (χ4v) is 4.17. The van der Waals surface area contributed by atoms with E-state index in [0.717, 1.165) is 31.2 Å². The van der Waals surface area contributed by atoms with E-state index in [4.69, 9.17) is 0 Å². The lowest BCUT2D eigenvalue weighted by molar-refractivity contribution is -0.117. The van der Waals surface area contributed by atoms with Crippen LogP contribution < -0.4 is 5.32 Å². The van der Waals surface area contributed by atoms with E-state index >= 15 is 0 Å². The van der Waals surface area contributed by atoms with Gasteiger partial charge in [0.15, 0.2) is 0 Å². The van der Waals surface area contributed by atoms with Crippen molar-refractivity contribution in [2.24, 2.45) is 0 Å². The summed E-state index contributed by atoms with van der Waals surface area (Å²) in [5.74, 6) is -1.37. The summed E-state index contributed by atoms with van der Waals surface area (Å²) in [6.07, 6.45) is 8.06. The molecule has 0 saturated heterocycles. The molecule has 2 aromatic carbocycles. The number of para-hydroxylation sites is 1. The van der Waals surface area contributed by atoms with Crippen LogP contribution in [0, 0.1) is 5.82 Å². The van der Waals surface area contributed by atoms with Crippen LogP contribution in [0.2, 0.25) is 0 Å². The van der Waals surface area contributed by atoms with E-state index in [-0.39, 0.29) is 11.9 Å². The SMILES string of the molecule is O=C(NC1CCCCCC1)C(=O)c1cn(Cc2ccccc2F)c2ccccc12. The zero-order valence-electron chi connectivity index (χ0n) is 16.4. The van der Waals surface area contributed by atoms with Crippen molar-refractivity contribution in [1.29, 1.82) is 0 Å². The highest BCUT2D eigenvalue weighted by Gasteiger charge is 2.24. The molecule has 0 aliphatic heterocycles. The molecule has 1 aliphatic rings. The Morgan fingerprint density at radius 1 is 0.966 bits per heavy atom. The fourth-order valence-electron chi connectivity index (χ4n) is 4.17. The van der Waals surface area contributed by atoms with Crippen LogP contribution in [-0.2, 0) is 11.3 Å². The summed E-state index contributed by atoms with van der Waals surface area (Å²) >= 11 is 0. The van der Waals surface area contributed by atoms with Crippen molar-refractivity contribution < 1.29 is 14.0 Å². The van der Waals surface area contributed by atoms with Gasteiger partial charge in [-0.2, -0.15) is 0 Å². The number of carbonyl (C=O) groups is 2. The minimum absolute atomic E-state index is 0.0701. The first-order chi connectivity index (χ1) is 14.1. The van der Waals surface area contributed by atoms with Gasteiger partial charge in [-0.15, -0.1) is 0 Å². The lowest BCUT2D eigenvalue weighted by atomic mass is 10.1. The average molecular weight is 392 g/mol. The van der Waals surface area contributed by atoms with Crippen molar-refractivity contribution in [3.8, 4) is 0 Å². The summed E-state index contributed by atoms with van der Waals surface area (Å²) in [4.78, 5) is 25.6.